The van der Waals surface area contributed by atoms with Gasteiger partial charge in [-0.2, -0.15) is 0 Å². The number of nitrogens with one attached hydrogen (secondary N) is 1. The van der Waals surface area contributed by atoms with Crippen molar-refractivity contribution in [2.45, 2.75) is 52.0 Å². The van der Waals surface area contributed by atoms with Crippen molar-refractivity contribution < 1.29 is 14.1 Å². The van der Waals surface area contributed by atoms with Gasteiger partial charge in [0.05, 0.1) is 6.04 Å². The van der Waals surface area contributed by atoms with Gasteiger partial charge in [-0.15, -0.1) is 0 Å². The second-order valence-electron chi connectivity index (χ2n) is 7.14. The van der Waals surface area contributed by atoms with Crippen LogP contribution in [0.25, 0.3) is 0 Å². The number of anilines is 1. The Balaban J connectivity index is 1.62. The third-order valence-electron chi connectivity index (χ3n) is 4.68. The first-order valence-electron chi connectivity index (χ1n) is 9.06. The fraction of sp³-hybridized carbons (Fsp3) is 0.450. The minimum absolute atomic E-state index is 0.106. The summed E-state index contributed by atoms with van der Waals surface area (Å²) in [6.45, 7) is 6.71. The lowest BCUT2D eigenvalue weighted by Crippen LogP contribution is -2.33. The van der Waals surface area contributed by atoms with Gasteiger partial charge in [0.2, 0.25) is 11.8 Å². The lowest BCUT2D eigenvalue weighted by molar-refractivity contribution is -0.135. The number of carbonyl (C=O) groups excluding carboxylic acids is 2. The molecule has 0 bridgehead atoms. The molecule has 2 aromatic rings. The summed E-state index contributed by atoms with van der Waals surface area (Å²) in [6.07, 6.45) is 1.58. The van der Waals surface area contributed by atoms with Crippen molar-refractivity contribution in [1.29, 1.82) is 0 Å². The Morgan fingerprint density at radius 3 is 2.69 bits per heavy atom. The van der Waals surface area contributed by atoms with Crippen molar-refractivity contribution in [3.05, 3.63) is 47.3 Å². The van der Waals surface area contributed by atoms with Gasteiger partial charge in [0.25, 0.3) is 0 Å². The van der Waals surface area contributed by atoms with Crippen LogP contribution in [0.2, 0.25) is 0 Å². The number of hydrogen-bond acceptors (Lipinski definition) is 4. The van der Waals surface area contributed by atoms with Gasteiger partial charge in [0, 0.05) is 24.2 Å². The molecule has 1 saturated heterocycles. The van der Waals surface area contributed by atoms with Crippen LogP contribution in [0.5, 0.6) is 0 Å². The largest absolute Gasteiger partial charge is 0.361 e. The second kappa shape index (κ2) is 7.72. The fourth-order valence-corrected chi connectivity index (χ4v) is 3.19. The van der Waals surface area contributed by atoms with Crippen LogP contribution in [0, 0.1) is 6.92 Å². The van der Waals surface area contributed by atoms with Crippen LogP contribution in [-0.4, -0.2) is 28.4 Å². The number of nitrogens with zero attached hydrogens (tertiary/aromatic N) is 2. The van der Waals surface area contributed by atoms with Crippen LogP contribution in [0.3, 0.4) is 0 Å². The van der Waals surface area contributed by atoms with Crippen LogP contribution in [-0.2, 0) is 9.59 Å². The van der Waals surface area contributed by atoms with E-state index in [0.29, 0.717) is 12.2 Å². The Hall–Kier alpha value is -2.63. The van der Waals surface area contributed by atoms with Gasteiger partial charge in [0.15, 0.2) is 0 Å². The van der Waals surface area contributed by atoms with E-state index in [9.17, 15) is 9.59 Å². The molecule has 0 radical (unpaired) electrons. The van der Waals surface area contributed by atoms with E-state index in [2.05, 4.69) is 10.5 Å². The Morgan fingerprint density at radius 1 is 1.31 bits per heavy atom. The molecule has 1 unspecified atom stereocenters. The maximum atomic E-state index is 12.6. The number of amides is 2. The molecule has 0 aliphatic carbocycles. The van der Waals surface area contributed by atoms with Crippen molar-refractivity contribution in [3.63, 3.8) is 0 Å². The second-order valence-corrected chi connectivity index (χ2v) is 7.14. The van der Waals surface area contributed by atoms with Crippen LogP contribution >= 0.6 is 0 Å². The standard InChI is InChI=1S/C20H25N3O3/c1-13(2)18-11-16(22-26-18)17-5-4-10-23(17)20(25)12-19(24)21-15-8-6-14(3)7-9-15/h6-9,11,13,17H,4-5,10,12H2,1-3H3,(H,21,24). The summed E-state index contributed by atoms with van der Waals surface area (Å²) in [4.78, 5) is 26.6. The molecular weight excluding hydrogens is 330 g/mol. The summed E-state index contributed by atoms with van der Waals surface area (Å²) < 4.78 is 5.37. The van der Waals surface area contributed by atoms with Gasteiger partial charge in [-0.3, -0.25) is 9.59 Å². The molecular formula is C20H25N3O3. The number of benzene rings is 1. The topological polar surface area (TPSA) is 75.4 Å². The van der Waals surface area contributed by atoms with Crippen LogP contribution in [0.1, 0.15) is 62.1 Å². The van der Waals surface area contributed by atoms with Gasteiger partial charge in [0.1, 0.15) is 17.9 Å². The highest BCUT2D eigenvalue weighted by atomic mass is 16.5. The average Bonchev–Trinajstić information content (AvgIpc) is 3.25. The molecule has 3 rings (SSSR count). The molecule has 1 aliphatic heterocycles. The van der Waals surface area contributed by atoms with Gasteiger partial charge in [-0.05, 0) is 31.9 Å². The van der Waals surface area contributed by atoms with E-state index in [1.54, 1.807) is 4.90 Å². The van der Waals surface area contributed by atoms with Gasteiger partial charge >= 0.3 is 0 Å². The Labute approximate surface area is 153 Å². The van der Waals surface area contributed by atoms with Crippen LogP contribution in [0.15, 0.2) is 34.9 Å². The van der Waals surface area contributed by atoms with E-state index in [1.165, 1.54) is 0 Å². The van der Waals surface area contributed by atoms with E-state index < -0.39 is 0 Å². The molecule has 26 heavy (non-hydrogen) atoms. The summed E-state index contributed by atoms with van der Waals surface area (Å²) in [5.41, 5.74) is 2.59. The maximum Gasteiger partial charge on any atom is 0.233 e. The van der Waals surface area contributed by atoms with E-state index in [0.717, 1.165) is 29.9 Å². The Morgan fingerprint density at radius 2 is 2.04 bits per heavy atom. The monoisotopic (exact) mass is 355 g/mol. The maximum absolute atomic E-state index is 12.6. The number of aromatic nitrogens is 1. The quantitative estimate of drug-likeness (QED) is 0.828. The third kappa shape index (κ3) is 4.12. The summed E-state index contributed by atoms with van der Waals surface area (Å²) >= 11 is 0. The summed E-state index contributed by atoms with van der Waals surface area (Å²) in [7, 11) is 0. The van der Waals surface area contributed by atoms with Crippen LogP contribution in [0.4, 0.5) is 5.69 Å². The highest BCUT2D eigenvalue weighted by Gasteiger charge is 2.33. The fourth-order valence-electron chi connectivity index (χ4n) is 3.19. The molecule has 2 heterocycles. The highest BCUT2D eigenvalue weighted by molar-refractivity contribution is 6.03. The first-order valence-corrected chi connectivity index (χ1v) is 9.06. The molecule has 6 nitrogen and oxygen atoms in total. The number of hydrogen-bond donors (Lipinski definition) is 1. The van der Waals surface area contributed by atoms with E-state index in [1.807, 2.05) is 51.1 Å². The van der Waals surface area contributed by atoms with Gasteiger partial charge < -0.3 is 14.7 Å². The molecule has 0 spiro atoms. The first kappa shape index (κ1) is 18.2. The van der Waals surface area contributed by atoms with Crippen molar-refractivity contribution >= 4 is 17.5 Å². The number of likely N-dealkylation sites (tertiary alicyclic amines) is 1. The molecule has 0 saturated carbocycles. The summed E-state index contributed by atoms with van der Waals surface area (Å²) in [5, 5.41) is 6.91. The smallest absolute Gasteiger partial charge is 0.233 e. The van der Waals surface area contributed by atoms with Crippen molar-refractivity contribution in [1.82, 2.24) is 10.1 Å². The predicted molar refractivity (Wildman–Crippen MR) is 98.7 cm³/mol. The number of rotatable bonds is 5. The molecule has 2 amide bonds. The SMILES string of the molecule is Cc1ccc(NC(=O)CC(=O)N2CCCC2c2cc(C(C)C)on2)cc1. The Bertz CT molecular complexity index is 780. The normalized spacial score (nSPS) is 16.9. The highest BCUT2D eigenvalue weighted by Crippen LogP contribution is 2.33. The molecule has 6 heteroatoms. The number of aryl methyl sites for hydroxylation is 1. The zero-order valence-electron chi connectivity index (χ0n) is 15.5. The molecule has 1 aliphatic rings. The minimum atomic E-state index is -0.299. The molecule has 1 aromatic heterocycles. The van der Waals surface area contributed by atoms with Crippen LogP contribution < -0.4 is 5.32 Å². The van der Waals surface area contributed by atoms with E-state index in [4.69, 9.17) is 4.52 Å². The van der Waals surface area contributed by atoms with E-state index >= 15 is 0 Å². The van der Waals surface area contributed by atoms with Crippen molar-refractivity contribution in [2.24, 2.45) is 0 Å². The van der Waals surface area contributed by atoms with Crippen molar-refractivity contribution in [2.75, 3.05) is 11.9 Å². The number of carbonyl (C=O) groups is 2. The molecule has 138 valence electrons. The summed E-state index contributed by atoms with van der Waals surface area (Å²) in [5.74, 6) is 0.595. The van der Waals surface area contributed by atoms with Gasteiger partial charge in [-0.1, -0.05) is 36.7 Å². The molecule has 1 fully saturated rings. The zero-order chi connectivity index (χ0) is 18.7. The third-order valence-corrected chi connectivity index (χ3v) is 4.68. The Kier molecular flexibility index (Phi) is 5.40. The zero-order valence-corrected chi connectivity index (χ0v) is 15.5. The lowest BCUT2D eigenvalue weighted by Gasteiger charge is -2.22. The summed E-state index contributed by atoms with van der Waals surface area (Å²) in [6, 6.07) is 9.33. The lowest BCUT2D eigenvalue weighted by atomic mass is 10.1. The van der Waals surface area contributed by atoms with Gasteiger partial charge in [-0.25, -0.2) is 0 Å². The molecule has 1 atom stereocenters. The molecule has 1 N–H and O–H groups in total. The predicted octanol–water partition coefficient (Wildman–Crippen LogP) is 3.80. The minimum Gasteiger partial charge on any atom is -0.361 e. The average molecular weight is 355 g/mol. The van der Waals surface area contributed by atoms with Crippen molar-refractivity contribution in [3.8, 4) is 0 Å². The first-order chi connectivity index (χ1) is 12.4. The van der Waals surface area contributed by atoms with E-state index in [-0.39, 0.29) is 30.2 Å². The molecule has 1 aromatic carbocycles.